The third-order valence-electron chi connectivity index (χ3n) is 5.74. The summed E-state index contributed by atoms with van der Waals surface area (Å²) in [7, 11) is 1.05. The SMILES string of the molecule is Cn1nc(C(=O)Nc2c(-c3ncccc3F)ccnc2C2CCC(F)(F)CC2)cc1C(F)(F)F. The van der Waals surface area contributed by atoms with E-state index in [1.165, 1.54) is 24.5 Å². The summed E-state index contributed by atoms with van der Waals surface area (Å²) in [5, 5.41) is 6.12. The first kappa shape index (κ1) is 23.7. The van der Waals surface area contributed by atoms with E-state index < -0.39 is 41.1 Å². The van der Waals surface area contributed by atoms with Gasteiger partial charge in [0.05, 0.1) is 11.4 Å². The van der Waals surface area contributed by atoms with Crippen molar-refractivity contribution in [1.29, 1.82) is 0 Å². The third-order valence-corrected chi connectivity index (χ3v) is 5.74. The first-order valence-electron chi connectivity index (χ1n) is 10.4. The van der Waals surface area contributed by atoms with Gasteiger partial charge in [0.15, 0.2) is 5.69 Å². The Labute approximate surface area is 190 Å². The molecule has 1 saturated carbocycles. The molecule has 34 heavy (non-hydrogen) atoms. The number of aromatic nitrogens is 4. The molecule has 1 N–H and O–H groups in total. The summed E-state index contributed by atoms with van der Waals surface area (Å²) in [6.45, 7) is 0. The molecular weight excluding hydrogens is 464 g/mol. The molecule has 1 aliphatic rings. The van der Waals surface area contributed by atoms with E-state index in [0.717, 1.165) is 13.1 Å². The number of aryl methyl sites for hydroxylation is 1. The topological polar surface area (TPSA) is 72.7 Å². The number of hydrogen-bond donors (Lipinski definition) is 1. The highest BCUT2D eigenvalue weighted by atomic mass is 19.4. The minimum absolute atomic E-state index is 0.000437. The lowest BCUT2D eigenvalue weighted by Gasteiger charge is -2.29. The van der Waals surface area contributed by atoms with Gasteiger partial charge >= 0.3 is 6.18 Å². The summed E-state index contributed by atoms with van der Waals surface area (Å²) < 4.78 is 81.9. The van der Waals surface area contributed by atoms with Crippen LogP contribution in [0, 0.1) is 5.82 Å². The summed E-state index contributed by atoms with van der Waals surface area (Å²) in [6, 6.07) is 4.51. The highest BCUT2D eigenvalue weighted by molar-refractivity contribution is 6.05. The van der Waals surface area contributed by atoms with Gasteiger partial charge in [0.25, 0.3) is 5.91 Å². The summed E-state index contributed by atoms with van der Waals surface area (Å²) in [6.07, 6.45) is -2.68. The number of anilines is 1. The Bertz CT molecular complexity index is 1210. The molecule has 12 heteroatoms. The van der Waals surface area contributed by atoms with Crippen LogP contribution in [0.15, 0.2) is 36.7 Å². The second-order valence-corrected chi connectivity index (χ2v) is 8.07. The molecule has 3 heterocycles. The van der Waals surface area contributed by atoms with Crippen molar-refractivity contribution in [1.82, 2.24) is 19.7 Å². The van der Waals surface area contributed by atoms with Crippen LogP contribution in [-0.2, 0) is 13.2 Å². The monoisotopic (exact) mass is 483 g/mol. The smallest absolute Gasteiger partial charge is 0.318 e. The predicted octanol–water partition coefficient (Wildman–Crippen LogP) is 5.58. The van der Waals surface area contributed by atoms with E-state index in [1.807, 2.05) is 0 Å². The molecule has 6 nitrogen and oxygen atoms in total. The molecule has 0 unspecified atom stereocenters. The molecule has 0 spiro atoms. The Kier molecular flexibility index (Phi) is 6.09. The van der Waals surface area contributed by atoms with E-state index >= 15 is 0 Å². The number of nitrogens with zero attached hydrogens (tertiary/aromatic N) is 4. The maximum absolute atomic E-state index is 14.5. The Hall–Kier alpha value is -3.44. The molecule has 0 atom stereocenters. The molecule has 180 valence electrons. The number of halogens is 6. The molecule has 4 rings (SSSR count). The van der Waals surface area contributed by atoms with Gasteiger partial charge in [0.2, 0.25) is 5.92 Å². The molecule has 0 saturated heterocycles. The number of hydrogen-bond acceptors (Lipinski definition) is 4. The zero-order valence-electron chi connectivity index (χ0n) is 17.8. The zero-order valence-corrected chi connectivity index (χ0v) is 17.8. The van der Waals surface area contributed by atoms with Crippen molar-refractivity contribution in [2.75, 3.05) is 5.32 Å². The van der Waals surface area contributed by atoms with Crippen molar-refractivity contribution in [3.63, 3.8) is 0 Å². The van der Waals surface area contributed by atoms with Crippen LogP contribution in [-0.4, -0.2) is 31.6 Å². The van der Waals surface area contributed by atoms with Crippen LogP contribution in [0.25, 0.3) is 11.3 Å². The Morgan fingerprint density at radius 1 is 1.15 bits per heavy atom. The minimum Gasteiger partial charge on any atom is -0.318 e. The molecule has 3 aromatic rings. The van der Waals surface area contributed by atoms with E-state index in [9.17, 15) is 31.1 Å². The first-order valence-corrected chi connectivity index (χ1v) is 10.4. The van der Waals surface area contributed by atoms with Crippen molar-refractivity contribution >= 4 is 11.6 Å². The molecule has 0 aromatic carbocycles. The lowest BCUT2D eigenvalue weighted by Crippen LogP contribution is -2.25. The summed E-state index contributed by atoms with van der Waals surface area (Å²) in [4.78, 5) is 21.2. The summed E-state index contributed by atoms with van der Waals surface area (Å²) >= 11 is 0. The molecular formula is C22H19F6N5O. The van der Waals surface area contributed by atoms with Crippen LogP contribution in [0.5, 0.6) is 0 Å². The quantitative estimate of drug-likeness (QED) is 0.492. The maximum atomic E-state index is 14.5. The van der Waals surface area contributed by atoms with Gasteiger partial charge in [-0.3, -0.25) is 19.4 Å². The highest BCUT2D eigenvalue weighted by Crippen LogP contribution is 2.44. The summed E-state index contributed by atoms with van der Waals surface area (Å²) in [5.74, 6) is -4.98. The van der Waals surface area contributed by atoms with Crippen LogP contribution in [0.4, 0.5) is 32.0 Å². The van der Waals surface area contributed by atoms with Crippen LogP contribution >= 0.6 is 0 Å². The average Bonchev–Trinajstić information content (AvgIpc) is 3.17. The third kappa shape index (κ3) is 4.75. The number of carbonyl (C=O) groups excluding carboxylic acids is 1. The van der Waals surface area contributed by atoms with E-state index in [1.54, 1.807) is 0 Å². The number of amides is 1. The standard InChI is InChI=1S/C22H19F6N5O/c1-33-16(22(26,27)28)11-15(32-33)20(34)31-19-13(18-14(23)3-2-9-29-18)6-10-30-17(19)12-4-7-21(24,25)8-5-12/h2-3,6,9-12H,4-5,7-8H2,1H3,(H,31,34). The fourth-order valence-electron chi connectivity index (χ4n) is 4.03. The van der Waals surface area contributed by atoms with Crippen LogP contribution in [0.2, 0.25) is 0 Å². The van der Waals surface area contributed by atoms with Crippen molar-refractivity contribution in [3.8, 4) is 11.3 Å². The van der Waals surface area contributed by atoms with E-state index in [-0.39, 0.29) is 48.3 Å². The van der Waals surface area contributed by atoms with Crippen molar-refractivity contribution in [3.05, 3.63) is 59.6 Å². The minimum atomic E-state index is -4.73. The fourth-order valence-corrected chi connectivity index (χ4v) is 4.03. The fraction of sp³-hybridized carbons (Fsp3) is 0.364. The van der Waals surface area contributed by atoms with Crippen molar-refractivity contribution in [2.24, 2.45) is 7.05 Å². The maximum Gasteiger partial charge on any atom is 0.433 e. The predicted molar refractivity (Wildman–Crippen MR) is 110 cm³/mol. The van der Waals surface area contributed by atoms with Gasteiger partial charge in [0, 0.05) is 49.8 Å². The molecule has 1 amide bonds. The molecule has 0 aliphatic heterocycles. The van der Waals surface area contributed by atoms with Crippen LogP contribution in [0.1, 0.15) is 53.5 Å². The number of alkyl halides is 5. The van der Waals surface area contributed by atoms with Crippen LogP contribution < -0.4 is 5.32 Å². The van der Waals surface area contributed by atoms with Gasteiger partial charge in [-0.15, -0.1) is 0 Å². The number of rotatable bonds is 4. The summed E-state index contributed by atoms with van der Waals surface area (Å²) in [5.41, 5.74) is -1.42. The number of nitrogens with one attached hydrogen (secondary N) is 1. The molecule has 0 bridgehead atoms. The van der Waals surface area contributed by atoms with Crippen LogP contribution in [0.3, 0.4) is 0 Å². The Morgan fingerprint density at radius 2 is 1.85 bits per heavy atom. The molecule has 0 radical (unpaired) electrons. The first-order chi connectivity index (χ1) is 16.0. The van der Waals surface area contributed by atoms with Gasteiger partial charge < -0.3 is 5.32 Å². The van der Waals surface area contributed by atoms with Gasteiger partial charge in [-0.1, -0.05) is 0 Å². The largest absolute Gasteiger partial charge is 0.433 e. The highest BCUT2D eigenvalue weighted by Gasteiger charge is 2.38. The van der Waals surface area contributed by atoms with E-state index in [4.69, 9.17) is 0 Å². The number of carbonyl (C=O) groups is 1. The number of pyridine rings is 2. The Morgan fingerprint density at radius 3 is 2.47 bits per heavy atom. The van der Waals surface area contributed by atoms with Gasteiger partial charge in [-0.2, -0.15) is 18.3 Å². The van der Waals surface area contributed by atoms with Gasteiger partial charge in [-0.25, -0.2) is 13.2 Å². The lowest BCUT2D eigenvalue weighted by atomic mass is 9.83. The molecule has 3 aromatic heterocycles. The van der Waals surface area contributed by atoms with Gasteiger partial charge in [0.1, 0.15) is 17.2 Å². The van der Waals surface area contributed by atoms with E-state index in [0.29, 0.717) is 10.7 Å². The van der Waals surface area contributed by atoms with E-state index in [2.05, 4.69) is 20.4 Å². The molecule has 1 aliphatic carbocycles. The Balaban J connectivity index is 1.76. The van der Waals surface area contributed by atoms with Crippen molar-refractivity contribution in [2.45, 2.75) is 43.7 Å². The molecule has 1 fully saturated rings. The van der Waals surface area contributed by atoms with Crippen molar-refractivity contribution < 1.29 is 31.1 Å². The lowest BCUT2D eigenvalue weighted by molar-refractivity contribution is -0.143. The normalized spacial score (nSPS) is 16.4. The zero-order chi connectivity index (χ0) is 24.7. The average molecular weight is 483 g/mol. The second-order valence-electron chi connectivity index (χ2n) is 8.07. The second kappa shape index (κ2) is 8.73. The van der Waals surface area contributed by atoms with Gasteiger partial charge in [-0.05, 0) is 31.0 Å².